The summed E-state index contributed by atoms with van der Waals surface area (Å²) in [6.45, 7) is 9.90. The van der Waals surface area contributed by atoms with Crippen LogP contribution in [0.15, 0.2) is 17.1 Å². The van der Waals surface area contributed by atoms with E-state index in [1.165, 1.54) is 0 Å². The lowest BCUT2D eigenvalue weighted by Gasteiger charge is -2.34. The third kappa shape index (κ3) is 8.88. The summed E-state index contributed by atoms with van der Waals surface area (Å²) in [6, 6.07) is 0. The molecule has 0 bridgehead atoms. The van der Waals surface area contributed by atoms with Crippen molar-refractivity contribution in [2.24, 2.45) is 4.99 Å². The Kier molecular flexibility index (Phi) is 10.2. The Morgan fingerprint density at radius 1 is 1.32 bits per heavy atom. The second-order valence-electron chi connectivity index (χ2n) is 6.64. The second-order valence-corrected chi connectivity index (χ2v) is 6.64. The summed E-state index contributed by atoms with van der Waals surface area (Å²) in [5, 5.41) is 3.31. The van der Waals surface area contributed by atoms with Crippen LogP contribution < -0.4 is 5.32 Å². The van der Waals surface area contributed by atoms with Gasteiger partial charge in [0.1, 0.15) is 6.54 Å². The molecule has 1 rings (SSSR count). The zero-order valence-electron chi connectivity index (χ0n) is 16.2. The molecule has 25 heavy (non-hydrogen) atoms. The van der Waals surface area contributed by atoms with Crippen molar-refractivity contribution < 1.29 is 14.3 Å². The average Bonchev–Trinajstić information content (AvgIpc) is 2.59. The van der Waals surface area contributed by atoms with Crippen LogP contribution in [0.4, 0.5) is 0 Å². The third-order valence-corrected chi connectivity index (χ3v) is 4.00. The number of likely N-dealkylation sites (N-methyl/N-ethyl adjacent to an activating group) is 1. The van der Waals surface area contributed by atoms with Gasteiger partial charge in [0.25, 0.3) is 0 Å². The number of amides is 1. The standard InChI is InChI=1S/C18H34N4O3/c1-15(2)13-19-18(20-14-17(23)21(3)4)22-9-7-16(8-10-22)25-12-6-11-24-5/h16H,1,6-14H2,2-5H3,(H,19,20). The predicted molar refractivity (Wildman–Crippen MR) is 101 cm³/mol. The van der Waals surface area contributed by atoms with Crippen LogP contribution in [-0.2, 0) is 14.3 Å². The summed E-state index contributed by atoms with van der Waals surface area (Å²) in [5.74, 6) is 0.766. The molecular formula is C18H34N4O3. The maximum Gasteiger partial charge on any atom is 0.243 e. The van der Waals surface area contributed by atoms with E-state index in [4.69, 9.17) is 9.47 Å². The first-order valence-electron chi connectivity index (χ1n) is 8.92. The summed E-state index contributed by atoms with van der Waals surface area (Å²) in [6.07, 6.45) is 3.14. The molecule has 0 spiro atoms. The van der Waals surface area contributed by atoms with Crippen molar-refractivity contribution >= 4 is 11.9 Å². The molecule has 0 aromatic heterocycles. The molecule has 1 aliphatic rings. The van der Waals surface area contributed by atoms with Gasteiger partial charge in [-0.1, -0.05) is 12.2 Å². The fourth-order valence-electron chi connectivity index (χ4n) is 2.47. The van der Waals surface area contributed by atoms with Gasteiger partial charge in [0.15, 0.2) is 5.96 Å². The van der Waals surface area contributed by atoms with E-state index in [1.807, 2.05) is 6.92 Å². The number of rotatable bonds is 9. The van der Waals surface area contributed by atoms with Crippen molar-refractivity contribution in [1.29, 1.82) is 0 Å². The van der Waals surface area contributed by atoms with Crippen LogP contribution in [0.1, 0.15) is 26.2 Å². The van der Waals surface area contributed by atoms with Gasteiger partial charge in [-0.25, -0.2) is 4.99 Å². The number of hydrogen-bond donors (Lipinski definition) is 1. The number of nitrogens with zero attached hydrogens (tertiary/aromatic N) is 3. The summed E-state index contributed by atoms with van der Waals surface area (Å²) < 4.78 is 10.9. The topological polar surface area (TPSA) is 66.4 Å². The zero-order chi connectivity index (χ0) is 18.7. The number of carbonyl (C=O) groups is 1. The van der Waals surface area contributed by atoms with E-state index in [0.29, 0.717) is 12.6 Å². The van der Waals surface area contributed by atoms with Crippen molar-refractivity contribution in [2.75, 3.05) is 60.6 Å². The monoisotopic (exact) mass is 354 g/mol. The molecule has 1 amide bonds. The Balaban J connectivity index is 2.51. The van der Waals surface area contributed by atoms with Gasteiger partial charge in [-0.15, -0.1) is 0 Å². The minimum absolute atomic E-state index is 0.00835. The predicted octanol–water partition coefficient (Wildman–Crippen LogP) is 1.11. The van der Waals surface area contributed by atoms with Crippen LogP contribution in [0.2, 0.25) is 0 Å². The smallest absolute Gasteiger partial charge is 0.243 e. The lowest BCUT2D eigenvalue weighted by Crippen LogP contribution is -2.47. The van der Waals surface area contributed by atoms with Crippen LogP contribution >= 0.6 is 0 Å². The van der Waals surface area contributed by atoms with Gasteiger partial charge in [0, 0.05) is 54.1 Å². The Hall–Kier alpha value is -1.60. The quantitative estimate of drug-likeness (QED) is 0.291. The Labute approximate surface area is 152 Å². The fraction of sp³-hybridized carbons (Fsp3) is 0.778. The molecule has 0 unspecified atom stereocenters. The van der Waals surface area contributed by atoms with Crippen molar-refractivity contribution in [3.8, 4) is 0 Å². The van der Waals surface area contributed by atoms with Crippen LogP contribution in [0.25, 0.3) is 0 Å². The largest absolute Gasteiger partial charge is 0.385 e. The van der Waals surface area contributed by atoms with E-state index in [2.05, 4.69) is 21.8 Å². The summed E-state index contributed by atoms with van der Waals surface area (Å²) in [5.41, 5.74) is 1.03. The number of piperidine rings is 1. The van der Waals surface area contributed by atoms with Gasteiger partial charge >= 0.3 is 0 Å². The summed E-state index contributed by atoms with van der Waals surface area (Å²) in [7, 11) is 5.19. The van der Waals surface area contributed by atoms with E-state index >= 15 is 0 Å². The summed E-state index contributed by atoms with van der Waals surface area (Å²) >= 11 is 0. The van der Waals surface area contributed by atoms with Crippen molar-refractivity contribution in [3.63, 3.8) is 0 Å². The molecule has 1 fully saturated rings. The molecule has 0 aliphatic carbocycles. The first-order chi connectivity index (χ1) is 11.9. The van der Waals surface area contributed by atoms with E-state index in [-0.39, 0.29) is 12.5 Å². The van der Waals surface area contributed by atoms with E-state index in [1.54, 1.807) is 26.1 Å². The number of hydrogen-bond acceptors (Lipinski definition) is 4. The van der Waals surface area contributed by atoms with E-state index < -0.39 is 0 Å². The maximum atomic E-state index is 11.8. The number of nitrogens with one attached hydrogen (secondary N) is 1. The molecule has 0 atom stereocenters. The molecule has 0 aromatic rings. The Morgan fingerprint density at radius 3 is 2.56 bits per heavy atom. The number of methoxy groups -OCH3 is 1. The minimum Gasteiger partial charge on any atom is -0.385 e. The van der Waals surface area contributed by atoms with Crippen molar-refractivity contribution in [3.05, 3.63) is 12.2 Å². The molecule has 1 aliphatic heterocycles. The maximum absolute atomic E-state index is 11.8. The molecule has 1 N–H and O–H groups in total. The van der Waals surface area contributed by atoms with Gasteiger partial charge in [-0.05, 0) is 26.2 Å². The molecule has 0 saturated carbocycles. The number of ether oxygens (including phenoxy) is 2. The Morgan fingerprint density at radius 2 is 2.00 bits per heavy atom. The highest BCUT2D eigenvalue weighted by Gasteiger charge is 2.22. The highest BCUT2D eigenvalue weighted by atomic mass is 16.5. The normalized spacial score (nSPS) is 16.0. The van der Waals surface area contributed by atoms with Crippen molar-refractivity contribution in [2.45, 2.75) is 32.3 Å². The Bertz CT molecular complexity index is 444. The number of carbonyl (C=O) groups excluding carboxylic acids is 1. The molecule has 0 radical (unpaired) electrons. The SMILES string of the molecule is C=C(C)CNC(=NCC(=O)N(C)C)N1CCC(OCCCOC)CC1. The third-order valence-electron chi connectivity index (χ3n) is 4.00. The highest BCUT2D eigenvalue weighted by molar-refractivity contribution is 5.85. The zero-order valence-corrected chi connectivity index (χ0v) is 16.2. The molecular weight excluding hydrogens is 320 g/mol. The highest BCUT2D eigenvalue weighted by Crippen LogP contribution is 2.14. The fourth-order valence-corrected chi connectivity index (χ4v) is 2.47. The van der Waals surface area contributed by atoms with E-state index in [9.17, 15) is 4.79 Å². The second kappa shape index (κ2) is 11.9. The van der Waals surface area contributed by atoms with Crippen LogP contribution in [0, 0.1) is 0 Å². The van der Waals surface area contributed by atoms with Crippen LogP contribution in [-0.4, -0.2) is 88.4 Å². The number of likely N-dealkylation sites (tertiary alicyclic amines) is 1. The molecule has 144 valence electrons. The first-order valence-corrected chi connectivity index (χ1v) is 8.92. The minimum atomic E-state index is -0.00835. The number of guanidine groups is 1. The number of aliphatic imine (C=N–C) groups is 1. The molecule has 1 heterocycles. The average molecular weight is 354 g/mol. The van der Waals surface area contributed by atoms with Crippen LogP contribution in [0.3, 0.4) is 0 Å². The van der Waals surface area contributed by atoms with Crippen LogP contribution in [0.5, 0.6) is 0 Å². The van der Waals surface area contributed by atoms with Crippen molar-refractivity contribution in [1.82, 2.24) is 15.1 Å². The van der Waals surface area contributed by atoms with Gasteiger partial charge < -0.3 is 24.6 Å². The van der Waals surface area contributed by atoms with E-state index in [0.717, 1.165) is 57.1 Å². The first kappa shape index (κ1) is 21.4. The molecule has 1 saturated heterocycles. The molecule has 0 aromatic carbocycles. The van der Waals surface area contributed by atoms with Gasteiger partial charge in [0.05, 0.1) is 6.10 Å². The summed E-state index contributed by atoms with van der Waals surface area (Å²) in [4.78, 5) is 20.1. The van der Waals surface area contributed by atoms with Gasteiger partial charge in [-0.3, -0.25) is 4.79 Å². The lowest BCUT2D eigenvalue weighted by molar-refractivity contribution is -0.127. The molecule has 7 nitrogen and oxygen atoms in total. The molecule has 7 heteroatoms. The lowest BCUT2D eigenvalue weighted by atomic mass is 10.1. The van der Waals surface area contributed by atoms with Gasteiger partial charge in [-0.2, -0.15) is 0 Å². The van der Waals surface area contributed by atoms with Gasteiger partial charge in [0.2, 0.25) is 5.91 Å².